The minimum absolute atomic E-state index is 0.0616. The molecule has 2 N–H and O–H groups in total. The first-order valence-corrected chi connectivity index (χ1v) is 7.82. The first kappa shape index (κ1) is 17.5. The van der Waals surface area contributed by atoms with Crippen molar-refractivity contribution in [3.63, 3.8) is 0 Å². The van der Waals surface area contributed by atoms with Crippen LogP contribution in [0.4, 0.5) is 5.69 Å². The van der Waals surface area contributed by atoms with Crippen molar-refractivity contribution in [2.24, 2.45) is 0 Å². The molecular formula is C19H21NO4. The van der Waals surface area contributed by atoms with Crippen molar-refractivity contribution in [2.45, 2.75) is 26.2 Å². The molecule has 0 bridgehead atoms. The maximum absolute atomic E-state index is 12.1. The van der Waals surface area contributed by atoms with E-state index in [2.05, 4.69) is 24.4 Å². The lowest BCUT2D eigenvalue weighted by Gasteiger charge is -2.09. The molecule has 1 amide bonds. The largest absolute Gasteiger partial charge is 0.496 e. The number of carbonyl (C=O) groups excluding carboxylic acids is 1. The van der Waals surface area contributed by atoms with Crippen molar-refractivity contribution in [3.05, 3.63) is 59.2 Å². The Balaban J connectivity index is 1.95. The van der Waals surface area contributed by atoms with Crippen molar-refractivity contribution < 1.29 is 19.4 Å². The van der Waals surface area contributed by atoms with Crippen LogP contribution >= 0.6 is 0 Å². The smallest absolute Gasteiger partial charge is 0.339 e. The molecule has 0 aliphatic rings. The molecule has 0 aromatic heterocycles. The zero-order valence-electron chi connectivity index (χ0n) is 13.8. The van der Waals surface area contributed by atoms with Crippen molar-refractivity contribution in [2.75, 3.05) is 12.4 Å². The van der Waals surface area contributed by atoms with Gasteiger partial charge in [0.2, 0.25) is 5.91 Å². The van der Waals surface area contributed by atoms with E-state index in [1.807, 2.05) is 12.1 Å². The third-order valence-corrected chi connectivity index (χ3v) is 3.79. The summed E-state index contributed by atoms with van der Waals surface area (Å²) < 4.78 is 5.05. The van der Waals surface area contributed by atoms with Gasteiger partial charge in [0.1, 0.15) is 11.3 Å². The molecule has 0 saturated heterocycles. The van der Waals surface area contributed by atoms with Crippen LogP contribution in [0.15, 0.2) is 42.5 Å². The van der Waals surface area contributed by atoms with Crippen LogP contribution < -0.4 is 10.1 Å². The molecule has 126 valence electrons. The number of carboxylic acid groups (broad SMARTS) is 1. The number of benzene rings is 2. The van der Waals surface area contributed by atoms with Crippen LogP contribution in [0, 0.1) is 0 Å². The number of carboxylic acids is 1. The van der Waals surface area contributed by atoms with Crippen LogP contribution in [0.2, 0.25) is 0 Å². The van der Waals surface area contributed by atoms with Gasteiger partial charge in [-0.2, -0.15) is 0 Å². The van der Waals surface area contributed by atoms with Gasteiger partial charge in [0.05, 0.1) is 7.11 Å². The van der Waals surface area contributed by atoms with Gasteiger partial charge in [0.25, 0.3) is 0 Å². The number of hydrogen-bond acceptors (Lipinski definition) is 3. The second-order valence-electron chi connectivity index (χ2n) is 5.44. The van der Waals surface area contributed by atoms with Crippen LogP contribution in [0.25, 0.3) is 0 Å². The molecule has 0 spiro atoms. The highest BCUT2D eigenvalue weighted by Gasteiger charge is 2.12. The van der Waals surface area contributed by atoms with E-state index in [9.17, 15) is 9.59 Å². The highest BCUT2D eigenvalue weighted by molar-refractivity contribution is 5.94. The van der Waals surface area contributed by atoms with Gasteiger partial charge in [-0.3, -0.25) is 4.79 Å². The Hall–Kier alpha value is -2.82. The molecule has 0 aliphatic heterocycles. The summed E-state index contributed by atoms with van der Waals surface area (Å²) in [6, 6.07) is 12.7. The topological polar surface area (TPSA) is 75.6 Å². The molecular weight excluding hydrogens is 306 g/mol. The molecule has 0 atom stereocenters. The summed E-state index contributed by atoms with van der Waals surface area (Å²) in [6.07, 6.45) is 2.00. The molecule has 0 radical (unpaired) electrons. The quantitative estimate of drug-likeness (QED) is 0.816. The number of carbonyl (C=O) groups is 2. The monoisotopic (exact) mass is 327 g/mol. The summed E-state index contributed by atoms with van der Waals surface area (Å²) >= 11 is 0. The summed E-state index contributed by atoms with van der Waals surface area (Å²) in [6.45, 7) is 2.10. The fraction of sp³-hybridized carbons (Fsp3) is 0.263. The van der Waals surface area contributed by atoms with Crippen molar-refractivity contribution in [1.29, 1.82) is 0 Å². The molecule has 0 saturated carbocycles. The van der Waals surface area contributed by atoms with E-state index in [1.165, 1.54) is 24.8 Å². The summed E-state index contributed by atoms with van der Waals surface area (Å²) in [5.41, 5.74) is 2.96. The fourth-order valence-corrected chi connectivity index (χ4v) is 2.37. The zero-order valence-corrected chi connectivity index (χ0v) is 13.8. The van der Waals surface area contributed by atoms with Crippen LogP contribution in [-0.2, 0) is 17.6 Å². The minimum atomic E-state index is -1.07. The van der Waals surface area contributed by atoms with Crippen molar-refractivity contribution in [3.8, 4) is 5.75 Å². The predicted octanol–water partition coefficient (Wildman–Crippen LogP) is 3.53. The first-order chi connectivity index (χ1) is 11.5. The second-order valence-corrected chi connectivity index (χ2v) is 5.44. The van der Waals surface area contributed by atoms with E-state index in [0.717, 1.165) is 12.0 Å². The third kappa shape index (κ3) is 4.59. The van der Waals surface area contributed by atoms with E-state index in [-0.39, 0.29) is 17.2 Å². The summed E-state index contributed by atoms with van der Waals surface area (Å²) in [5, 5.41) is 11.8. The molecule has 2 aromatic rings. The average molecular weight is 327 g/mol. The SMILES string of the molecule is CCc1ccc(CCC(=O)Nc2ccc(C(=O)O)c(OC)c2)cc1. The average Bonchev–Trinajstić information content (AvgIpc) is 2.60. The molecule has 0 heterocycles. The Bertz CT molecular complexity index is 723. The highest BCUT2D eigenvalue weighted by atomic mass is 16.5. The van der Waals surface area contributed by atoms with Gasteiger partial charge < -0.3 is 15.2 Å². The van der Waals surface area contributed by atoms with Gasteiger partial charge in [-0.25, -0.2) is 4.79 Å². The Kier molecular flexibility index (Phi) is 5.95. The third-order valence-electron chi connectivity index (χ3n) is 3.79. The number of rotatable bonds is 7. The van der Waals surface area contributed by atoms with Gasteiger partial charge in [0, 0.05) is 18.2 Å². The molecule has 24 heavy (non-hydrogen) atoms. The lowest BCUT2D eigenvalue weighted by molar-refractivity contribution is -0.116. The van der Waals surface area contributed by atoms with Gasteiger partial charge >= 0.3 is 5.97 Å². The zero-order chi connectivity index (χ0) is 17.5. The number of nitrogens with one attached hydrogen (secondary N) is 1. The highest BCUT2D eigenvalue weighted by Crippen LogP contribution is 2.23. The fourth-order valence-electron chi connectivity index (χ4n) is 2.37. The van der Waals surface area contributed by atoms with Crippen LogP contribution in [0.5, 0.6) is 5.75 Å². The summed E-state index contributed by atoms with van der Waals surface area (Å²) in [4.78, 5) is 23.1. The number of anilines is 1. The Morgan fingerprint density at radius 1 is 1.08 bits per heavy atom. The first-order valence-electron chi connectivity index (χ1n) is 7.82. The number of aromatic carboxylic acids is 1. The molecule has 5 heteroatoms. The van der Waals surface area contributed by atoms with Crippen LogP contribution in [0.3, 0.4) is 0 Å². The number of methoxy groups -OCH3 is 1. The van der Waals surface area contributed by atoms with Gasteiger partial charge in [-0.05, 0) is 36.1 Å². The maximum Gasteiger partial charge on any atom is 0.339 e. The van der Waals surface area contributed by atoms with E-state index >= 15 is 0 Å². The Labute approximate surface area is 141 Å². The molecule has 2 rings (SSSR count). The molecule has 0 unspecified atom stereocenters. The molecule has 0 aliphatic carbocycles. The standard InChI is InChI=1S/C19H21NO4/c1-3-13-4-6-14(7-5-13)8-11-18(21)20-15-9-10-16(19(22)23)17(12-15)24-2/h4-7,9-10,12H,3,8,11H2,1-2H3,(H,20,21)(H,22,23). The number of ether oxygens (including phenoxy) is 1. The van der Waals surface area contributed by atoms with Crippen molar-refractivity contribution >= 4 is 17.6 Å². The van der Waals surface area contributed by atoms with E-state index < -0.39 is 5.97 Å². The Morgan fingerprint density at radius 3 is 2.33 bits per heavy atom. The predicted molar refractivity (Wildman–Crippen MR) is 92.7 cm³/mol. The van der Waals surface area contributed by atoms with E-state index in [0.29, 0.717) is 18.5 Å². The van der Waals surface area contributed by atoms with Gasteiger partial charge in [-0.15, -0.1) is 0 Å². The van der Waals surface area contributed by atoms with Crippen LogP contribution in [0.1, 0.15) is 34.8 Å². The normalized spacial score (nSPS) is 10.2. The molecule has 0 fully saturated rings. The van der Waals surface area contributed by atoms with E-state index in [4.69, 9.17) is 9.84 Å². The molecule has 2 aromatic carbocycles. The molecule has 5 nitrogen and oxygen atoms in total. The summed E-state index contributed by atoms with van der Waals surface area (Å²) in [5.74, 6) is -0.976. The summed E-state index contributed by atoms with van der Waals surface area (Å²) in [7, 11) is 1.40. The lowest BCUT2D eigenvalue weighted by Crippen LogP contribution is -2.13. The van der Waals surface area contributed by atoms with E-state index in [1.54, 1.807) is 6.07 Å². The number of aryl methyl sites for hydroxylation is 2. The van der Waals surface area contributed by atoms with Gasteiger partial charge in [-0.1, -0.05) is 31.2 Å². The lowest BCUT2D eigenvalue weighted by atomic mass is 10.1. The Morgan fingerprint density at radius 2 is 1.75 bits per heavy atom. The van der Waals surface area contributed by atoms with Crippen LogP contribution in [-0.4, -0.2) is 24.1 Å². The maximum atomic E-state index is 12.1. The second kappa shape index (κ2) is 8.15. The van der Waals surface area contributed by atoms with Gasteiger partial charge in [0.15, 0.2) is 0 Å². The number of amides is 1. The number of hydrogen-bond donors (Lipinski definition) is 2. The minimum Gasteiger partial charge on any atom is -0.496 e. The van der Waals surface area contributed by atoms with Crippen molar-refractivity contribution in [1.82, 2.24) is 0 Å².